The minimum Gasteiger partial charge on any atom is -0.467 e. The standard InChI is InChI=1S/C25H19ClN4O3S2/c1-15-8-9-21-28-22(27-12-17-6-4-10-33-17)18(23(31)29(21)13-15)11-20-24(32)30(25(34)35-20)14-16-5-2-3-7-19(16)26/h2-11,13,27H,12,14H2,1H3. The van der Waals surface area contributed by atoms with E-state index in [1.54, 1.807) is 36.7 Å². The van der Waals surface area contributed by atoms with Crippen molar-refractivity contribution in [1.29, 1.82) is 0 Å². The van der Waals surface area contributed by atoms with Crippen LogP contribution in [0.4, 0.5) is 5.82 Å². The Bertz CT molecular complexity index is 1550. The zero-order valence-electron chi connectivity index (χ0n) is 18.5. The number of carbonyl (C=O) groups excluding carboxylic acids is 1. The molecular formula is C25H19ClN4O3S2. The summed E-state index contributed by atoms with van der Waals surface area (Å²) in [7, 11) is 0. The van der Waals surface area contributed by atoms with Crippen molar-refractivity contribution in [2.45, 2.75) is 20.0 Å². The molecule has 0 spiro atoms. The van der Waals surface area contributed by atoms with Crippen LogP contribution in [0, 0.1) is 6.92 Å². The topological polar surface area (TPSA) is 79.8 Å². The van der Waals surface area contributed by atoms with E-state index in [2.05, 4.69) is 10.3 Å². The molecule has 1 aliphatic heterocycles. The predicted octanol–water partition coefficient (Wildman–Crippen LogP) is 5.26. The Hall–Kier alpha value is -3.40. The van der Waals surface area contributed by atoms with Crippen molar-refractivity contribution in [3.63, 3.8) is 0 Å². The minimum absolute atomic E-state index is 0.249. The lowest BCUT2D eigenvalue weighted by Crippen LogP contribution is -2.27. The highest BCUT2D eigenvalue weighted by atomic mass is 35.5. The number of benzene rings is 1. The number of thioether (sulfide) groups is 1. The molecule has 10 heteroatoms. The van der Waals surface area contributed by atoms with Crippen LogP contribution in [0.5, 0.6) is 0 Å². The Morgan fingerprint density at radius 3 is 2.77 bits per heavy atom. The summed E-state index contributed by atoms with van der Waals surface area (Å²) in [6.07, 6.45) is 4.86. The van der Waals surface area contributed by atoms with E-state index in [0.717, 1.165) is 22.9 Å². The lowest BCUT2D eigenvalue weighted by molar-refractivity contribution is -0.122. The fourth-order valence-electron chi connectivity index (χ4n) is 3.67. The number of fused-ring (bicyclic) bond motifs is 1. The summed E-state index contributed by atoms with van der Waals surface area (Å²) in [5.41, 5.74) is 2.16. The molecule has 0 aliphatic carbocycles. The Kier molecular flexibility index (Phi) is 6.46. The number of aryl methyl sites for hydroxylation is 1. The molecule has 0 atom stereocenters. The molecule has 4 heterocycles. The maximum atomic E-state index is 13.5. The normalized spacial score (nSPS) is 14.9. The lowest BCUT2D eigenvalue weighted by Gasteiger charge is -2.15. The zero-order valence-corrected chi connectivity index (χ0v) is 20.9. The van der Waals surface area contributed by atoms with Gasteiger partial charge < -0.3 is 9.73 Å². The maximum Gasteiger partial charge on any atom is 0.267 e. The molecule has 35 heavy (non-hydrogen) atoms. The molecular weight excluding hydrogens is 504 g/mol. The number of rotatable bonds is 6. The Morgan fingerprint density at radius 2 is 2.00 bits per heavy atom. The van der Waals surface area contributed by atoms with Crippen LogP contribution in [0.15, 0.2) is 75.1 Å². The van der Waals surface area contributed by atoms with Gasteiger partial charge in [-0.15, -0.1) is 0 Å². The number of thiocarbonyl (C=S) groups is 1. The third kappa shape index (κ3) is 4.75. The van der Waals surface area contributed by atoms with E-state index in [4.69, 9.17) is 28.2 Å². The first kappa shape index (κ1) is 23.3. The Labute approximate surface area is 215 Å². The van der Waals surface area contributed by atoms with Gasteiger partial charge >= 0.3 is 0 Å². The molecule has 7 nitrogen and oxygen atoms in total. The minimum atomic E-state index is -0.294. The largest absolute Gasteiger partial charge is 0.467 e. The van der Waals surface area contributed by atoms with E-state index in [-0.39, 0.29) is 23.6 Å². The van der Waals surface area contributed by atoms with E-state index in [1.807, 2.05) is 37.3 Å². The van der Waals surface area contributed by atoms with Gasteiger partial charge in [-0.3, -0.25) is 18.9 Å². The molecule has 0 radical (unpaired) electrons. The van der Waals surface area contributed by atoms with Gasteiger partial charge in [0.05, 0.1) is 29.8 Å². The number of halogens is 1. The number of anilines is 1. The number of furan rings is 1. The maximum absolute atomic E-state index is 13.5. The molecule has 1 aliphatic rings. The van der Waals surface area contributed by atoms with Crippen LogP contribution < -0.4 is 10.9 Å². The second-order valence-corrected chi connectivity index (χ2v) is 9.99. The SMILES string of the molecule is Cc1ccc2nc(NCc3ccco3)c(C=C3SC(=S)N(Cc4ccccc4Cl)C3=O)c(=O)n2c1. The number of hydrogen-bond acceptors (Lipinski definition) is 7. The summed E-state index contributed by atoms with van der Waals surface area (Å²) in [5, 5.41) is 3.73. The molecule has 0 unspecified atom stereocenters. The number of hydrogen-bond donors (Lipinski definition) is 1. The lowest BCUT2D eigenvalue weighted by atomic mass is 10.2. The highest BCUT2D eigenvalue weighted by Gasteiger charge is 2.33. The molecule has 3 aromatic heterocycles. The Balaban J connectivity index is 1.54. The van der Waals surface area contributed by atoms with Gasteiger partial charge in [0.25, 0.3) is 11.5 Å². The van der Waals surface area contributed by atoms with Crippen molar-refractivity contribution in [3.05, 3.63) is 104 Å². The van der Waals surface area contributed by atoms with Gasteiger partial charge in [0, 0.05) is 11.2 Å². The predicted molar refractivity (Wildman–Crippen MR) is 142 cm³/mol. The smallest absolute Gasteiger partial charge is 0.267 e. The average molecular weight is 523 g/mol. The molecule has 1 fully saturated rings. The van der Waals surface area contributed by atoms with Gasteiger partial charge in [-0.05, 0) is 48.4 Å². The fraction of sp³-hybridized carbons (Fsp3) is 0.120. The molecule has 1 amide bonds. The van der Waals surface area contributed by atoms with Crippen LogP contribution in [0.1, 0.15) is 22.5 Å². The molecule has 1 N–H and O–H groups in total. The molecule has 0 bridgehead atoms. The fourth-order valence-corrected chi connectivity index (χ4v) is 5.10. The summed E-state index contributed by atoms with van der Waals surface area (Å²) in [6.45, 7) is 2.48. The quantitative estimate of drug-likeness (QED) is 0.273. The average Bonchev–Trinajstić information content (AvgIpc) is 3.45. The van der Waals surface area contributed by atoms with Crippen LogP contribution in [0.2, 0.25) is 5.02 Å². The van der Waals surface area contributed by atoms with Crippen LogP contribution in [0.3, 0.4) is 0 Å². The van der Waals surface area contributed by atoms with E-state index < -0.39 is 0 Å². The van der Waals surface area contributed by atoms with Crippen molar-refractivity contribution < 1.29 is 9.21 Å². The van der Waals surface area contributed by atoms with E-state index in [9.17, 15) is 9.59 Å². The number of pyridine rings is 1. The molecule has 0 saturated carbocycles. The molecule has 5 rings (SSSR count). The van der Waals surface area contributed by atoms with Gasteiger partial charge in [0.1, 0.15) is 21.5 Å². The van der Waals surface area contributed by atoms with Crippen LogP contribution in [0.25, 0.3) is 11.7 Å². The summed E-state index contributed by atoms with van der Waals surface area (Å²) in [5.74, 6) is 0.755. The number of nitrogens with zero attached hydrogens (tertiary/aromatic N) is 3. The zero-order chi connectivity index (χ0) is 24.5. The first-order valence-corrected chi connectivity index (χ1v) is 12.3. The number of nitrogens with one attached hydrogen (secondary N) is 1. The van der Waals surface area contributed by atoms with Gasteiger partial charge in [0.2, 0.25) is 0 Å². The van der Waals surface area contributed by atoms with Crippen molar-refractivity contribution in [2.75, 3.05) is 5.32 Å². The summed E-state index contributed by atoms with van der Waals surface area (Å²) in [6, 6.07) is 14.6. The second-order valence-electron chi connectivity index (χ2n) is 7.91. The van der Waals surface area contributed by atoms with Crippen LogP contribution in [-0.2, 0) is 17.9 Å². The van der Waals surface area contributed by atoms with E-state index in [1.165, 1.54) is 9.30 Å². The molecule has 4 aromatic rings. The third-order valence-corrected chi connectivity index (χ3v) is 7.20. The summed E-state index contributed by atoms with van der Waals surface area (Å²) >= 11 is 12.9. The third-order valence-electron chi connectivity index (χ3n) is 5.45. The van der Waals surface area contributed by atoms with E-state index in [0.29, 0.717) is 38.0 Å². The number of amides is 1. The van der Waals surface area contributed by atoms with Gasteiger partial charge in [-0.2, -0.15) is 0 Å². The highest BCUT2D eigenvalue weighted by molar-refractivity contribution is 8.26. The van der Waals surface area contributed by atoms with Gasteiger partial charge in [-0.1, -0.05) is 59.8 Å². The molecule has 1 saturated heterocycles. The molecule has 1 aromatic carbocycles. The van der Waals surface area contributed by atoms with Crippen molar-refractivity contribution >= 4 is 63.3 Å². The monoisotopic (exact) mass is 522 g/mol. The number of carbonyl (C=O) groups is 1. The summed E-state index contributed by atoms with van der Waals surface area (Å²) < 4.78 is 7.27. The van der Waals surface area contributed by atoms with Crippen molar-refractivity contribution in [2.24, 2.45) is 0 Å². The van der Waals surface area contributed by atoms with Crippen molar-refractivity contribution in [3.8, 4) is 0 Å². The first-order valence-electron chi connectivity index (χ1n) is 10.7. The van der Waals surface area contributed by atoms with Crippen LogP contribution in [-0.4, -0.2) is 24.5 Å². The van der Waals surface area contributed by atoms with Gasteiger partial charge in [0.15, 0.2) is 0 Å². The van der Waals surface area contributed by atoms with Gasteiger partial charge in [-0.25, -0.2) is 4.98 Å². The van der Waals surface area contributed by atoms with Crippen molar-refractivity contribution in [1.82, 2.24) is 14.3 Å². The van der Waals surface area contributed by atoms with Crippen LogP contribution >= 0.6 is 35.6 Å². The second kappa shape index (κ2) is 9.69. The molecule has 176 valence electrons. The summed E-state index contributed by atoms with van der Waals surface area (Å²) in [4.78, 5) is 33.2. The number of aromatic nitrogens is 2. The first-order chi connectivity index (χ1) is 16.9. The highest BCUT2D eigenvalue weighted by Crippen LogP contribution is 2.35. The van der Waals surface area contributed by atoms with E-state index >= 15 is 0 Å². The Morgan fingerprint density at radius 1 is 1.17 bits per heavy atom.